The lowest BCUT2D eigenvalue weighted by Crippen LogP contribution is -2.26. The van der Waals surface area contributed by atoms with E-state index in [4.69, 9.17) is 5.11 Å². The average molecular weight is 340 g/mol. The van der Waals surface area contributed by atoms with E-state index in [0.717, 1.165) is 23.4 Å². The standard InChI is InChI=1S/C16H21NO5S/c1-11-16(2,3)13-10-12(23(20,21)22)7-8-14(13)17(11)9-5-4-6-15(18)19/h7-8,10H,4-6,9H2,1-3H3,(H-,18,19,20,21,22)/p+1. The maximum atomic E-state index is 11.4. The first-order valence-corrected chi connectivity index (χ1v) is 8.94. The SMILES string of the molecule is CC1=[N+](CCCCC(=O)O)c2ccc(S(=O)(=O)O)cc2C1(C)C. The van der Waals surface area contributed by atoms with E-state index in [9.17, 15) is 17.8 Å². The molecule has 0 saturated carbocycles. The van der Waals surface area contributed by atoms with Gasteiger partial charge in [0.25, 0.3) is 10.1 Å². The summed E-state index contributed by atoms with van der Waals surface area (Å²) in [5, 5.41) is 8.71. The normalized spacial score (nSPS) is 16.5. The molecule has 0 aromatic heterocycles. The maximum Gasteiger partial charge on any atom is 0.303 e. The number of rotatable bonds is 6. The molecule has 0 fully saturated rings. The Morgan fingerprint density at radius 3 is 2.48 bits per heavy atom. The van der Waals surface area contributed by atoms with Crippen molar-refractivity contribution in [2.75, 3.05) is 6.54 Å². The van der Waals surface area contributed by atoms with E-state index in [1.165, 1.54) is 12.1 Å². The van der Waals surface area contributed by atoms with Crippen LogP contribution in [-0.2, 0) is 20.3 Å². The number of hydrogen-bond acceptors (Lipinski definition) is 3. The van der Waals surface area contributed by atoms with Gasteiger partial charge in [-0.3, -0.25) is 9.35 Å². The molecule has 0 radical (unpaired) electrons. The predicted molar refractivity (Wildman–Crippen MR) is 86.2 cm³/mol. The van der Waals surface area contributed by atoms with Crippen molar-refractivity contribution < 1.29 is 27.4 Å². The first-order valence-electron chi connectivity index (χ1n) is 7.50. The Bertz CT molecular complexity index is 778. The lowest BCUT2D eigenvalue weighted by Gasteiger charge is -2.15. The zero-order chi connectivity index (χ0) is 17.4. The minimum Gasteiger partial charge on any atom is -0.481 e. The van der Waals surface area contributed by atoms with Crippen LogP contribution in [0.15, 0.2) is 23.1 Å². The third-order valence-corrected chi connectivity index (χ3v) is 5.41. The highest BCUT2D eigenvalue weighted by Gasteiger charge is 2.43. The molecular formula is C16H22NO5S+. The number of fused-ring (bicyclic) bond motifs is 1. The minimum atomic E-state index is -4.23. The van der Waals surface area contributed by atoms with E-state index in [0.29, 0.717) is 13.0 Å². The molecule has 0 saturated heterocycles. The third-order valence-electron chi connectivity index (χ3n) is 4.56. The summed E-state index contributed by atoms with van der Waals surface area (Å²) in [6.45, 7) is 6.68. The second-order valence-corrected chi connectivity index (χ2v) is 7.79. The van der Waals surface area contributed by atoms with Gasteiger partial charge in [-0.1, -0.05) is 0 Å². The van der Waals surface area contributed by atoms with Gasteiger partial charge >= 0.3 is 5.97 Å². The van der Waals surface area contributed by atoms with Crippen molar-refractivity contribution in [2.45, 2.75) is 50.3 Å². The Labute approximate surface area is 136 Å². The monoisotopic (exact) mass is 340 g/mol. The largest absolute Gasteiger partial charge is 0.481 e. The van der Waals surface area contributed by atoms with Crippen molar-refractivity contribution in [2.24, 2.45) is 0 Å². The first kappa shape index (κ1) is 17.6. The van der Waals surface area contributed by atoms with E-state index < -0.39 is 16.1 Å². The Morgan fingerprint density at radius 2 is 1.91 bits per heavy atom. The molecule has 0 aliphatic carbocycles. The molecule has 0 amide bonds. The highest BCUT2D eigenvalue weighted by Crippen LogP contribution is 2.40. The number of unbranched alkanes of at least 4 members (excludes halogenated alkanes) is 1. The number of hydrogen-bond donors (Lipinski definition) is 2. The van der Waals surface area contributed by atoms with Crippen LogP contribution in [0.3, 0.4) is 0 Å². The van der Waals surface area contributed by atoms with Crippen molar-refractivity contribution in [3.05, 3.63) is 23.8 Å². The molecule has 1 heterocycles. The summed E-state index contributed by atoms with van der Waals surface area (Å²) in [7, 11) is -4.23. The molecule has 1 aliphatic rings. The van der Waals surface area contributed by atoms with E-state index in [1.807, 2.05) is 20.8 Å². The van der Waals surface area contributed by atoms with Crippen molar-refractivity contribution in [3.8, 4) is 0 Å². The van der Waals surface area contributed by atoms with Crippen molar-refractivity contribution in [1.29, 1.82) is 0 Å². The molecule has 1 aliphatic heterocycles. The van der Waals surface area contributed by atoms with Gasteiger partial charge in [-0.05, 0) is 32.4 Å². The molecule has 0 atom stereocenters. The average Bonchev–Trinajstić information content (AvgIpc) is 2.62. The van der Waals surface area contributed by atoms with Crippen LogP contribution in [0, 0.1) is 0 Å². The third kappa shape index (κ3) is 3.45. The van der Waals surface area contributed by atoms with Crippen molar-refractivity contribution >= 4 is 27.5 Å². The Hall–Kier alpha value is -1.73. The fraction of sp³-hybridized carbons (Fsp3) is 0.500. The zero-order valence-corrected chi connectivity index (χ0v) is 14.4. The Balaban J connectivity index is 2.33. The van der Waals surface area contributed by atoms with Gasteiger partial charge in [-0.25, -0.2) is 0 Å². The van der Waals surface area contributed by atoms with Crippen LogP contribution in [0.25, 0.3) is 0 Å². The lowest BCUT2D eigenvalue weighted by atomic mass is 9.82. The van der Waals surface area contributed by atoms with Gasteiger partial charge in [-0.2, -0.15) is 13.0 Å². The second-order valence-electron chi connectivity index (χ2n) is 6.37. The first-order chi connectivity index (χ1) is 10.5. The van der Waals surface area contributed by atoms with E-state index in [-0.39, 0.29) is 16.7 Å². The summed E-state index contributed by atoms with van der Waals surface area (Å²) < 4.78 is 34.1. The minimum absolute atomic E-state index is 0.107. The van der Waals surface area contributed by atoms with Crippen LogP contribution in [0.5, 0.6) is 0 Å². The number of nitrogens with zero attached hydrogens (tertiary/aromatic N) is 1. The van der Waals surface area contributed by atoms with Gasteiger partial charge in [0, 0.05) is 31.4 Å². The van der Waals surface area contributed by atoms with Gasteiger partial charge in [-0.15, -0.1) is 0 Å². The lowest BCUT2D eigenvalue weighted by molar-refractivity contribution is -0.439. The predicted octanol–water partition coefficient (Wildman–Crippen LogP) is 2.58. The van der Waals surface area contributed by atoms with E-state index in [1.54, 1.807) is 6.07 Å². The smallest absolute Gasteiger partial charge is 0.303 e. The Kier molecular flexibility index (Phi) is 4.64. The fourth-order valence-electron chi connectivity index (χ4n) is 2.96. The highest BCUT2D eigenvalue weighted by atomic mass is 32.2. The number of carboxylic acid groups (broad SMARTS) is 1. The number of carboxylic acids is 1. The summed E-state index contributed by atoms with van der Waals surface area (Å²) in [4.78, 5) is 10.5. The molecule has 126 valence electrons. The molecule has 23 heavy (non-hydrogen) atoms. The van der Waals surface area contributed by atoms with Gasteiger partial charge < -0.3 is 5.11 Å². The second kappa shape index (κ2) is 6.05. The van der Waals surface area contributed by atoms with Crippen LogP contribution >= 0.6 is 0 Å². The molecule has 0 unspecified atom stereocenters. The summed E-state index contributed by atoms with van der Waals surface area (Å²) >= 11 is 0. The molecular weight excluding hydrogens is 318 g/mol. The van der Waals surface area contributed by atoms with Gasteiger partial charge in [0.1, 0.15) is 6.54 Å². The topological polar surface area (TPSA) is 94.7 Å². The number of carbonyl (C=O) groups is 1. The molecule has 1 aromatic rings. The van der Waals surface area contributed by atoms with Crippen LogP contribution in [0.2, 0.25) is 0 Å². The highest BCUT2D eigenvalue weighted by molar-refractivity contribution is 7.85. The van der Waals surface area contributed by atoms with Crippen molar-refractivity contribution in [3.63, 3.8) is 0 Å². The number of aliphatic carboxylic acids is 1. The van der Waals surface area contributed by atoms with E-state index in [2.05, 4.69) is 4.58 Å². The van der Waals surface area contributed by atoms with Gasteiger partial charge in [0.15, 0.2) is 5.71 Å². The Morgan fingerprint density at radius 1 is 1.26 bits per heavy atom. The number of benzene rings is 1. The van der Waals surface area contributed by atoms with Crippen LogP contribution in [0.4, 0.5) is 5.69 Å². The molecule has 2 N–H and O–H groups in total. The zero-order valence-electron chi connectivity index (χ0n) is 13.5. The maximum absolute atomic E-state index is 11.4. The van der Waals surface area contributed by atoms with E-state index >= 15 is 0 Å². The quantitative estimate of drug-likeness (QED) is 0.471. The molecule has 0 spiro atoms. The van der Waals surface area contributed by atoms with Gasteiger partial charge in [0.05, 0.1) is 10.3 Å². The van der Waals surface area contributed by atoms with Crippen molar-refractivity contribution in [1.82, 2.24) is 0 Å². The molecule has 2 rings (SSSR count). The molecule has 7 heteroatoms. The summed E-state index contributed by atoms with van der Waals surface area (Å²) in [6, 6.07) is 4.62. The van der Waals surface area contributed by atoms with Crippen LogP contribution < -0.4 is 0 Å². The summed E-state index contributed by atoms with van der Waals surface area (Å²) in [6.07, 6.45) is 1.47. The van der Waals surface area contributed by atoms with Crippen LogP contribution in [-0.4, -0.2) is 40.9 Å². The van der Waals surface area contributed by atoms with Crippen LogP contribution in [0.1, 0.15) is 45.6 Å². The van der Waals surface area contributed by atoms with Gasteiger partial charge in [0.2, 0.25) is 5.69 Å². The summed E-state index contributed by atoms with van der Waals surface area (Å²) in [5.41, 5.74) is 2.50. The molecule has 0 bridgehead atoms. The fourth-order valence-corrected chi connectivity index (χ4v) is 3.47. The molecule has 1 aromatic carbocycles. The molecule has 6 nitrogen and oxygen atoms in total. The summed E-state index contributed by atoms with van der Waals surface area (Å²) in [5.74, 6) is -0.800.